The zero-order chi connectivity index (χ0) is 17.4. The van der Waals surface area contributed by atoms with Gasteiger partial charge in [-0.25, -0.2) is 9.97 Å². The highest BCUT2D eigenvalue weighted by Gasteiger charge is 2.27. The van der Waals surface area contributed by atoms with Crippen molar-refractivity contribution in [3.05, 3.63) is 18.7 Å². The quantitative estimate of drug-likeness (QED) is 0.672. The maximum Gasteiger partial charge on any atom is 0.234 e. The predicted molar refractivity (Wildman–Crippen MR) is 89.7 cm³/mol. The third kappa shape index (κ3) is 2.58. The third-order valence-electron chi connectivity index (χ3n) is 5.00. The number of hydrogen-bond acceptors (Lipinski definition) is 6. The maximum absolute atomic E-state index is 10.1. The van der Waals surface area contributed by atoms with Gasteiger partial charge in [-0.3, -0.25) is 4.68 Å². The van der Waals surface area contributed by atoms with Crippen molar-refractivity contribution in [2.24, 2.45) is 5.92 Å². The van der Waals surface area contributed by atoms with Gasteiger partial charge in [0.1, 0.15) is 12.0 Å². The summed E-state index contributed by atoms with van der Waals surface area (Å²) < 4.78 is 1.84. The normalized spacial score (nSPS) is 16.3. The molecule has 3 N–H and O–H groups in total. The number of fused-ring (bicyclic) bond motifs is 1. The van der Waals surface area contributed by atoms with Gasteiger partial charge in [0.15, 0.2) is 5.75 Å². The molecule has 0 amide bonds. The van der Waals surface area contributed by atoms with Crippen LogP contribution in [0.25, 0.3) is 22.3 Å². The Kier molecular flexibility index (Phi) is 3.76. The summed E-state index contributed by atoms with van der Waals surface area (Å²) in [4.78, 5) is 10.9. The minimum Gasteiger partial charge on any atom is -0.503 e. The number of rotatable bonds is 4. The van der Waals surface area contributed by atoms with Crippen molar-refractivity contribution < 1.29 is 10.2 Å². The molecule has 0 aliphatic heterocycles. The Bertz CT molecular complexity index is 948. The molecular weight excluding hydrogens is 320 g/mol. The van der Waals surface area contributed by atoms with Crippen LogP contribution in [0.4, 0.5) is 0 Å². The molecule has 3 aromatic heterocycles. The highest BCUT2D eigenvalue weighted by Crippen LogP contribution is 2.39. The molecule has 1 saturated carbocycles. The molecule has 128 valence electrons. The van der Waals surface area contributed by atoms with Crippen molar-refractivity contribution in [3.63, 3.8) is 0 Å². The Balaban J connectivity index is 1.75. The number of nitriles is 1. The van der Waals surface area contributed by atoms with Crippen LogP contribution < -0.4 is 0 Å². The van der Waals surface area contributed by atoms with Gasteiger partial charge in [-0.15, -0.1) is 0 Å². The van der Waals surface area contributed by atoms with Crippen LogP contribution >= 0.6 is 0 Å². The van der Waals surface area contributed by atoms with Crippen LogP contribution in [0, 0.1) is 17.2 Å². The maximum atomic E-state index is 10.1. The van der Waals surface area contributed by atoms with Crippen LogP contribution in [-0.4, -0.2) is 34.9 Å². The molecule has 0 radical (unpaired) electrons. The van der Waals surface area contributed by atoms with E-state index in [9.17, 15) is 15.5 Å². The molecule has 1 unspecified atom stereocenters. The monoisotopic (exact) mass is 338 g/mol. The fraction of sp³-hybridized carbons (Fsp3) is 0.412. The molecule has 0 bridgehead atoms. The topological polar surface area (TPSA) is 124 Å². The lowest BCUT2D eigenvalue weighted by molar-refractivity contribution is 0.315. The van der Waals surface area contributed by atoms with Gasteiger partial charge in [-0.1, -0.05) is 12.8 Å². The molecule has 3 heterocycles. The largest absolute Gasteiger partial charge is 0.503 e. The highest BCUT2D eigenvalue weighted by atomic mass is 16.3. The summed E-state index contributed by atoms with van der Waals surface area (Å²) in [5.41, 5.74) is 1.56. The Morgan fingerprint density at radius 1 is 1.32 bits per heavy atom. The van der Waals surface area contributed by atoms with E-state index in [1.54, 1.807) is 6.20 Å². The second kappa shape index (κ2) is 6.09. The van der Waals surface area contributed by atoms with Crippen LogP contribution in [0.1, 0.15) is 38.1 Å². The summed E-state index contributed by atoms with van der Waals surface area (Å²) in [5, 5.41) is 33.8. The molecule has 3 aromatic rings. The first-order chi connectivity index (χ1) is 12.2. The summed E-state index contributed by atoms with van der Waals surface area (Å²) in [6.07, 6.45) is 9.94. The minimum absolute atomic E-state index is 0.0480. The third-order valence-corrected chi connectivity index (χ3v) is 5.00. The second-order valence-electron chi connectivity index (χ2n) is 6.45. The Morgan fingerprint density at radius 3 is 2.88 bits per heavy atom. The van der Waals surface area contributed by atoms with Gasteiger partial charge in [-0.05, 0) is 18.8 Å². The number of nitrogens with one attached hydrogen (secondary N) is 1. The van der Waals surface area contributed by atoms with Gasteiger partial charge in [0.25, 0.3) is 0 Å². The fourth-order valence-corrected chi connectivity index (χ4v) is 3.77. The average molecular weight is 338 g/mol. The van der Waals surface area contributed by atoms with E-state index in [2.05, 4.69) is 26.1 Å². The van der Waals surface area contributed by atoms with E-state index in [0.717, 1.165) is 12.8 Å². The summed E-state index contributed by atoms with van der Waals surface area (Å²) in [7, 11) is 0. The Hall–Kier alpha value is -3.08. The fourth-order valence-electron chi connectivity index (χ4n) is 3.77. The lowest BCUT2D eigenvalue weighted by Crippen LogP contribution is -2.17. The molecule has 8 heteroatoms. The molecule has 4 rings (SSSR count). The van der Waals surface area contributed by atoms with Crippen molar-refractivity contribution in [2.75, 3.05) is 0 Å². The van der Waals surface area contributed by atoms with Crippen LogP contribution in [0.2, 0.25) is 0 Å². The molecule has 0 spiro atoms. The number of aromatic hydroxyl groups is 2. The van der Waals surface area contributed by atoms with E-state index in [1.807, 2.05) is 10.9 Å². The van der Waals surface area contributed by atoms with Gasteiger partial charge in [0, 0.05) is 11.8 Å². The molecule has 1 aliphatic rings. The predicted octanol–water partition coefficient (Wildman–Crippen LogP) is 2.88. The first-order valence-corrected chi connectivity index (χ1v) is 8.35. The first kappa shape index (κ1) is 15.4. The molecule has 1 aliphatic carbocycles. The molecule has 1 atom stereocenters. The second-order valence-corrected chi connectivity index (χ2v) is 6.45. The summed E-state index contributed by atoms with van der Waals surface area (Å²) in [6, 6.07) is 2.32. The molecule has 0 aromatic carbocycles. The molecule has 1 fully saturated rings. The Morgan fingerprint density at radius 2 is 2.12 bits per heavy atom. The summed E-state index contributed by atoms with van der Waals surface area (Å²) in [5.74, 6) is -0.150. The van der Waals surface area contributed by atoms with Crippen molar-refractivity contribution in [1.82, 2.24) is 24.7 Å². The average Bonchev–Trinajstić information content (AvgIpc) is 3.35. The minimum atomic E-state index is -0.336. The lowest BCUT2D eigenvalue weighted by Gasteiger charge is -2.21. The number of nitrogens with zero attached hydrogens (tertiary/aromatic N) is 5. The van der Waals surface area contributed by atoms with Gasteiger partial charge in [-0.2, -0.15) is 10.4 Å². The van der Waals surface area contributed by atoms with Crippen molar-refractivity contribution in [2.45, 2.75) is 38.1 Å². The molecule has 8 nitrogen and oxygen atoms in total. The molecular formula is C17H18N6O2. The smallest absolute Gasteiger partial charge is 0.234 e. The van der Waals surface area contributed by atoms with E-state index in [1.165, 1.54) is 19.2 Å². The van der Waals surface area contributed by atoms with Crippen molar-refractivity contribution >= 4 is 11.0 Å². The first-order valence-electron chi connectivity index (χ1n) is 8.35. The van der Waals surface area contributed by atoms with Crippen LogP contribution in [0.3, 0.4) is 0 Å². The van der Waals surface area contributed by atoms with Crippen LogP contribution in [0.15, 0.2) is 18.7 Å². The van der Waals surface area contributed by atoms with Crippen molar-refractivity contribution in [3.8, 4) is 29.0 Å². The van der Waals surface area contributed by atoms with E-state index >= 15 is 0 Å². The van der Waals surface area contributed by atoms with Crippen LogP contribution in [0.5, 0.6) is 11.6 Å². The number of aromatic amines is 1. The number of hydrogen-bond donors (Lipinski definition) is 3. The van der Waals surface area contributed by atoms with Crippen LogP contribution in [-0.2, 0) is 0 Å². The standard InChI is InChI=1S/C17H18N6O2/c18-6-5-12(10-3-1-2-4-10)23-8-11(7-21-23)14-13-15(24)17(25)22-16(13)20-9-19-14/h7-10,12,24-25H,1-5H2,(H,19,20,22). The molecule has 0 saturated heterocycles. The van der Waals surface area contributed by atoms with E-state index < -0.39 is 0 Å². The zero-order valence-electron chi connectivity index (χ0n) is 13.6. The van der Waals surface area contributed by atoms with E-state index in [4.69, 9.17) is 0 Å². The number of aromatic nitrogens is 5. The van der Waals surface area contributed by atoms with Gasteiger partial charge >= 0.3 is 0 Å². The lowest BCUT2D eigenvalue weighted by atomic mass is 9.96. The Labute approximate surface area is 143 Å². The number of H-pyrrole nitrogens is 1. The van der Waals surface area contributed by atoms with E-state index in [0.29, 0.717) is 34.6 Å². The van der Waals surface area contributed by atoms with Gasteiger partial charge in [0.2, 0.25) is 5.88 Å². The van der Waals surface area contributed by atoms with E-state index in [-0.39, 0.29) is 17.7 Å². The SMILES string of the molecule is N#CCC(C1CCCC1)n1cc(-c2ncnc3[nH]c(O)c(O)c23)cn1. The van der Waals surface area contributed by atoms with Gasteiger partial charge in [0.05, 0.1) is 35.8 Å². The highest BCUT2D eigenvalue weighted by molar-refractivity contribution is 5.97. The zero-order valence-corrected chi connectivity index (χ0v) is 13.6. The van der Waals surface area contributed by atoms with Gasteiger partial charge < -0.3 is 15.2 Å². The summed E-state index contributed by atoms with van der Waals surface area (Å²) in [6.45, 7) is 0. The van der Waals surface area contributed by atoms with Crippen molar-refractivity contribution in [1.29, 1.82) is 5.26 Å². The summed E-state index contributed by atoms with van der Waals surface area (Å²) >= 11 is 0. The molecule has 25 heavy (non-hydrogen) atoms.